The maximum atomic E-state index is 12.9. The van der Waals surface area contributed by atoms with E-state index >= 15 is 0 Å². The maximum absolute atomic E-state index is 12.9. The van der Waals surface area contributed by atoms with Crippen LogP contribution in [-0.2, 0) is 14.3 Å². The minimum atomic E-state index is -0.581. The molecule has 0 spiro atoms. The van der Waals surface area contributed by atoms with Crippen molar-refractivity contribution in [2.24, 2.45) is 5.92 Å². The standard InChI is InChI=1S/C22H34N2O4/c1-16(2)18-8-6-10-20(14-18)28-17(3)21(25)24-11-7-9-19(15-24)22(26)23(4)12-13-27-5/h6,8,10,14,16-17,19H,7,9,11-13,15H2,1-5H3/t17-,19-/m1/s1. The molecule has 1 saturated heterocycles. The minimum Gasteiger partial charge on any atom is -0.481 e. The Balaban J connectivity index is 1.95. The number of hydrogen-bond donors (Lipinski definition) is 0. The predicted octanol–water partition coefficient (Wildman–Crippen LogP) is 2.92. The summed E-state index contributed by atoms with van der Waals surface area (Å²) in [5.74, 6) is 0.963. The molecular formula is C22H34N2O4. The van der Waals surface area contributed by atoms with E-state index in [0.29, 0.717) is 37.9 Å². The van der Waals surface area contributed by atoms with Crippen LogP contribution < -0.4 is 4.74 Å². The van der Waals surface area contributed by atoms with Gasteiger partial charge in [-0.1, -0.05) is 26.0 Å². The van der Waals surface area contributed by atoms with Crippen LogP contribution in [0.3, 0.4) is 0 Å². The van der Waals surface area contributed by atoms with Crippen LogP contribution in [0.15, 0.2) is 24.3 Å². The van der Waals surface area contributed by atoms with Crippen LogP contribution in [-0.4, -0.2) is 68.1 Å². The number of benzene rings is 1. The normalized spacial score (nSPS) is 18.1. The second-order valence-corrected chi connectivity index (χ2v) is 7.86. The van der Waals surface area contributed by atoms with Crippen LogP contribution in [0.25, 0.3) is 0 Å². The average molecular weight is 391 g/mol. The topological polar surface area (TPSA) is 59.1 Å². The highest BCUT2D eigenvalue weighted by Crippen LogP contribution is 2.23. The molecule has 1 heterocycles. The molecule has 1 aliphatic heterocycles. The molecule has 6 nitrogen and oxygen atoms in total. The van der Waals surface area contributed by atoms with Crippen molar-refractivity contribution < 1.29 is 19.1 Å². The second kappa shape index (κ2) is 10.5. The highest BCUT2D eigenvalue weighted by atomic mass is 16.5. The molecule has 2 atom stereocenters. The molecule has 0 aromatic heterocycles. The van der Waals surface area contributed by atoms with Gasteiger partial charge in [0, 0.05) is 33.8 Å². The fourth-order valence-electron chi connectivity index (χ4n) is 3.49. The Morgan fingerprint density at radius 1 is 1.29 bits per heavy atom. The van der Waals surface area contributed by atoms with Gasteiger partial charge in [-0.25, -0.2) is 0 Å². The highest BCUT2D eigenvalue weighted by molar-refractivity contribution is 5.83. The zero-order valence-corrected chi connectivity index (χ0v) is 17.8. The van der Waals surface area contributed by atoms with Crippen molar-refractivity contribution in [1.29, 1.82) is 0 Å². The number of rotatable bonds is 8. The molecule has 1 aromatic carbocycles. The number of hydrogen-bond acceptors (Lipinski definition) is 4. The number of carbonyl (C=O) groups is 2. The molecule has 1 aliphatic rings. The molecule has 0 saturated carbocycles. The molecule has 28 heavy (non-hydrogen) atoms. The summed E-state index contributed by atoms with van der Waals surface area (Å²) in [4.78, 5) is 29.0. The van der Waals surface area contributed by atoms with E-state index in [0.717, 1.165) is 12.8 Å². The lowest BCUT2D eigenvalue weighted by molar-refractivity contribution is -0.144. The Kier molecular flexibility index (Phi) is 8.30. The van der Waals surface area contributed by atoms with E-state index in [-0.39, 0.29) is 17.7 Å². The summed E-state index contributed by atoms with van der Waals surface area (Å²) in [6, 6.07) is 7.88. The van der Waals surface area contributed by atoms with Crippen LogP contribution >= 0.6 is 0 Å². The van der Waals surface area contributed by atoms with Gasteiger partial charge in [0.1, 0.15) is 5.75 Å². The predicted molar refractivity (Wildman–Crippen MR) is 109 cm³/mol. The van der Waals surface area contributed by atoms with Gasteiger partial charge in [-0.2, -0.15) is 0 Å². The summed E-state index contributed by atoms with van der Waals surface area (Å²) in [6.45, 7) is 8.23. The maximum Gasteiger partial charge on any atom is 0.263 e. The molecule has 0 bridgehead atoms. The number of likely N-dealkylation sites (N-methyl/N-ethyl adjacent to an activating group) is 1. The van der Waals surface area contributed by atoms with Gasteiger partial charge in [0.25, 0.3) is 5.91 Å². The Bertz CT molecular complexity index is 662. The molecule has 2 amide bonds. The summed E-state index contributed by atoms with van der Waals surface area (Å²) in [5, 5.41) is 0. The lowest BCUT2D eigenvalue weighted by Gasteiger charge is -2.35. The molecule has 6 heteroatoms. The van der Waals surface area contributed by atoms with E-state index in [4.69, 9.17) is 9.47 Å². The molecule has 0 radical (unpaired) electrons. The first-order chi connectivity index (χ1) is 13.3. The summed E-state index contributed by atoms with van der Waals surface area (Å²) >= 11 is 0. The largest absolute Gasteiger partial charge is 0.481 e. The minimum absolute atomic E-state index is 0.0630. The Labute approximate surface area is 168 Å². The third-order valence-electron chi connectivity index (χ3n) is 5.27. The smallest absolute Gasteiger partial charge is 0.263 e. The SMILES string of the molecule is COCCN(C)C(=O)[C@@H]1CCCN(C(=O)[C@@H](C)Oc2cccc(C(C)C)c2)C1. The highest BCUT2D eigenvalue weighted by Gasteiger charge is 2.32. The van der Waals surface area contributed by atoms with Crippen molar-refractivity contribution in [3.63, 3.8) is 0 Å². The van der Waals surface area contributed by atoms with Crippen molar-refractivity contribution in [2.45, 2.75) is 45.6 Å². The van der Waals surface area contributed by atoms with Crippen LogP contribution in [0.1, 0.15) is 45.1 Å². The summed E-state index contributed by atoms with van der Waals surface area (Å²) in [6.07, 6.45) is 1.06. The Hall–Kier alpha value is -2.08. The van der Waals surface area contributed by atoms with Crippen LogP contribution in [0.4, 0.5) is 0 Å². The van der Waals surface area contributed by atoms with Gasteiger partial charge in [-0.15, -0.1) is 0 Å². The lowest BCUT2D eigenvalue weighted by Crippen LogP contribution is -2.49. The van der Waals surface area contributed by atoms with E-state index in [9.17, 15) is 9.59 Å². The molecule has 156 valence electrons. The van der Waals surface area contributed by atoms with Gasteiger partial charge < -0.3 is 19.3 Å². The summed E-state index contributed by atoms with van der Waals surface area (Å²) in [5.41, 5.74) is 1.18. The molecule has 0 aliphatic carbocycles. The quantitative estimate of drug-likeness (QED) is 0.685. The zero-order valence-electron chi connectivity index (χ0n) is 17.8. The van der Waals surface area contributed by atoms with E-state index in [1.54, 1.807) is 30.9 Å². The van der Waals surface area contributed by atoms with Gasteiger partial charge in [-0.05, 0) is 43.4 Å². The van der Waals surface area contributed by atoms with Crippen LogP contribution in [0.2, 0.25) is 0 Å². The van der Waals surface area contributed by atoms with Gasteiger partial charge in [0.2, 0.25) is 5.91 Å². The number of likely N-dealkylation sites (tertiary alicyclic amines) is 1. The van der Waals surface area contributed by atoms with Crippen molar-refractivity contribution in [3.05, 3.63) is 29.8 Å². The first kappa shape index (κ1) is 22.2. The molecule has 1 aromatic rings. The van der Waals surface area contributed by atoms with Crippen LogP contribution in [0, 0.1) is 5.92 Å². The van der Waals surface area contributed by atoms with E-state index < -0.39 is 6.10 Å². The molecule has 2 rings (SSSR count). The van der Waals surface area contributed by atoms with Crippen molar-refractivity contribution in [1.82, 2.24) is 9.80 Å². The first-order valence-electron chi connectivity index (χ1n) is 10.1. The fraction of sp³-hybridized carbons (Fsp3) is 0.636. The number of piperidine rings is 1. The summed E-state index contributed by atoms with van der Waals surface area (Å²) < 4.78 is 11.0. The molecule has 0 N–H and O–H groups in total. The first-order valence-corrected chi connectivity index (χ1v) is 10.1. The number of carbonyl (C=O) groups excluding carboxylic acids is 2. The average Bonchev–Trinajstić information content (AvgIpc) is 2.71. The van der Waals surface area contributed by atoms with Crippen molar-refractivity contribution in [2.75, 3.05) is 40.4 Å². The van der Waals surface area contributed by atoms with E-state index in [2.05, 4.69) is 19.9 Å². The molecular weight excluding hydrogens is 356 g/mol. The number of amides is 2. The fourth-order valence-corrected chi connectivity index (χ4v) is 3.49. The van der Waals surface area contributed by atoms with Gasteiger partial charge >= 0.3 is 0 Å². The van der Waals surface area contributed by atoms with Crippen molar-refractivity contribution in [3.8, 4) is 5.75 Å². The molecule has 1 fully saturated rings. The summed E-state index contributed by atoms with van der Waals surface area (Å²) in [7, 11) is 3.41. The van der Waals surface area contributed by atoms with Gasteiger partial charge in [0.15, 0.2) is 6.10 Å². The van der Waals surface area contributed by atoms with Gasteiger partial charge in [0.05, 0.1) is 12.5 Å². The van der Waals surface area contributed by atoms with E-state index in [1.807, 2.05) is 18.2 Å². The zero-order chi connectivity index (χ0) is 20.7. The monoisotopic (exact) mass is 390 g/mol. The Morgan fingerprint density at radius 2 is 2.04 bits per heavy atom. The number of methoxy groups -OCH3 is 1. The number of nitrogens with zero attached hydrogens (tertiary/aromatic N) is 2. The number of ether oxygens (including phenoxy) is 2. The van der Waals surface area contributed by atoms with Crippen LogP contribution in [0.5, 0.6) is 5.75 Å². The second-order valence-electron chi connectivity index (χ2n) is 7.86. The Morgan fingerprint density at radius 3 is 2.71 bits per heavy atom. The third-order valence-corrected chi connectivity index (χ3v) is 5.27. The third kappa shape index (κ3) is 5.96. The van der Waals surface area contributed by atoms with Crippen molar-refractivity contribution >= 4 is 11.8 Å². The van der Waals surface area contributed by atoms with Gasteiger partial charge in [-0.3, -0.25) is 9.59 Å². The molecule has 0 unspecified atom stereocenters. The lowest BCUT2D eigenvalue weighted by atomic mass is 9.96. The van der Waals surface area contributed by atoms with E-state index in [1.165, 1.54) is 5.56 Å².